The molecule has 5 nitrogen and oxygen atoms in total. The number of thiazole rings is 1. The Labute approximate surface area is 115 Å². The SMILES string of the molecule is Cc1nc(CN(C)c2nccc(C)c2C(=O)O)cs1. The molecule has 2 heterocycles. The van der Waals surface area contributed by atoms with Crippen LogP contribution in [0.4, 0.5) is 5.82 Å². The number of hydrogen-bond donors (Lipinski definition) is 1. The van der Waals surface area contributed by atoms with E-state index in [9.17, 15) is 9.90 Å². The van der Waals surface area contributed by atoms with E-state index in [1.54, 1.807) is 30.5 Å². The lowest BCUT2D eigenvalue weighted by Gasteiger charge is -2.19. The first-order valence-electron chi connectivity index (χ1n) is 5.80. The van der Waals surface area contributed by atoms with Gasteiger partial charge in [0.1, 0.15) is 11.4 Å². The highest BCUT2D eigenvalue weighted by Gasteiger charge is 2.18. The second kappa shape index (κ2) is 5.36. The molecular weight excluding hydrogens is 262 g/mol. The van der Waals surface area contributed by atoms with Crippen LogP contribution < -0.4 is 4.90 Å². The van der Waals surface area contributed by atoms with Gasteiger partial charge in [0.2, 0.25) is 0 Å². The minimum Gasteiger partial charge on any atom is -0.478 e. The van der Waals surface area contributed by atoms with Gasteiger partial charge in [-0.05, 0) is 25.5 Å². The Kier molecular flexibility index (Phi) is 3.80. The van der Waals surface area contributed by atoms with Gasteiger partial charge >= 0.3 is 5.97 Å². The number of nitrogens with zero attached hydrogens (tertiary/aromatic N) is 3. The fourth-order valence-corrected chi connectivity index (χ4v) is 2.50. The highest BCUT2D eigenvalue weighted by atomic mass is 32.1. The highest BCUT2D eigenvalue weighted by Crippen LogP contribution is 2.21. The second-order valence-electron chi connectivity index (χ2n) is 4.35. The van der Waals surface area contributed by atoms with Crippen molar-refractivity contribution < 1.29 is 9.90 Å². The minimum atomic E-state index is -0.957. The molecule has 0 aliphatic heterocycles. The largest absolute Gasteiger partial charge is 0.478 e. The summed E-state index contributed by atoms with van der Waals surface area (Å²) in [6.45, 7) is 4.26. The fourth-order valence-electron chi connectivity index (χ4n) is 1.90. The molecule has 0 fully saturated rings. The van der Waals surface area contributed by atoms with Crippen LogP contribution in [0.25, 0.3) is 0 Å². The van der Waals surface area contributed by atoms with Gasteiger partial charge < -0.3 is 10.0 Å². The molecule has 0 spiro atoms. The van der Waals surface area contributed by atoms with Crippen LogP contribution in [0, 0.1) is 13.8 Å². The van der Waals surface area contributed by atoms with Gasteiger partial charge in [0.05, 0.1) is 17.2 Å². The van der Waals surface area contributed by atoms with E-state index < -0.39 is 5.97 Å². The van der Waals surface area contributed by atoms with Crippen LogP contribution >= 0.6 is 11.3 Å². The molecule has 2 rings (SSSR count). The van der Waals surface area contributed by atoms with E-state index in [-0.39, 0.29) is 5.56 Å². The maximum Gasteiger partial charge on any atom is 0.339 e. The summed E-state index contributed by atoms with van der Waals surface area (Å²) in [6.07, 6.45) is 1.62. The number of carboxylic acid groups (broad SMARTS) is 1. The topological polar surface area (TPSA) is 66.3 Å². The van der Waals surface area contributed by atoms with Gasteiger partial charge in [-0.2, -0.15) is 0 Å². The Morgan fingerprint density at radius 3 is 2.79 bits per heavy atom. The lowest BCUT2D eigenvalue weighted by molar-refractivity contribution is 0.0696. The molecule has 2 aromatic rings. The molecule has 0 unspecified atom stereocenters. The van der Waals surface area contributed by atoms with E-state index >= 15 is 0 Å². The molecule has 0 aromatic carbocycles. The summed E-state index contributed by atoms with van der Waals surface area (Å²) >= 11 is 1.58. The number of pyridine rings is 1. The van der Waals surface area contributed by atoms with E-state index in [1.807, 2.05) is 24.3 Å². The summed E-state index contributed by atoms with van der Waals surface area (Å²) in [5.41, 5.74) is 1.88. The summed E-state index contributed by atoms with van der Waals surface area (Å²) in [6, 6.07) is 1.70. The first-order valence-corrected chi connectivity index (χ1v) is 6.68. The van der Waals surface area contributed by atoms with E-state index in [1.165, 1.54) is 0 Å². The number of anilines is 1. The Hall–Kier alpha value is -1.95. The normalized spacial score (nSPS) is 10.5. The van der Waals surface area contributed by atoms with Gasteiger partial charge in [-0.25, -0.2) is 14.8 Å². The van der Waals surface area contributed by atoms with Gasteiger partial charge in [-0.3, -0.25) is 0 Å². The van der Waals surface area contributed by atoms with E-state index in [4.69, 9.17) is 0 Å². The third-order valence-electron chi connectivity index (χ3n) is 2.78. The smallest absolute Gasteiger partial charge is 0.339 e. The Balaban J connectivity index is 2.31. The number of rotatable bonds is 4. The first kappa shape index (κ1) is 13.5. The molecule has 6 heteroatoms. The first-order chi connectivity index (χ1) is 8.99. The van der Waals surface area contributed by atoms with Crippen molar-refractivity contribution in [3.63, 3.8) is 0 Å². The number of aromatic nitrogens is 2. The van der Waals surface area contributed by atoms with Gasteiger partial charge in [-0.1, -0.05) is 0 Å². The monoisotopic (exact) mass is 277 g/mol. The standard InChI is InChI=1S/C13H15N3O2S/c1-8-4-5-14-12(11(8)13(17)18)16(3)6-10-7-19-9(2)15-10/h4-5,7H,6H2,1-3H3,(H,17,18). The van der Waals surface area contributed by atoms with Crippen LogP contribution in [0.2, 0.25) is 0 Å². The van der Waals surface area contributed by atoms with Gasteiger partial charge in [0, 0.05) is 18.6 Å². The molecule has 0 radical (unpaired) electrons. The van der Waals surface area contributed by atoms with Crippen molar-refractivity contribution in [2.75, 3.05) is 11.9 Å². The number of carbonyl (C=O) groups is 1. The third-order valence-corrected chi connectivity index (χ3v) is 3.60. The quantitative estimate of drug-likeness (QED) is 0.930. The van der Waals surface area contributed by atoms with Crippen molar-refractivity contribution in [3.05, 3.63) is 39.5 Å². The van der Waals surface area contributed by atoms with Crippen molar-refractivity contribution in [1.29, 1.82) is 0 Å². The van der Waals surface area contributed by atoms with Crippen molar-refractivity contribution in [2.45, 2.75) is 20.4 Å². The van der Waals surface area contributed by atoms with Gasteiger partial charge in [0.25, 0.3) is 0 Å². The Morgan fingerprint density at radius 1 is 1.47 bits per heavy atom. The molecule has 0 bridgehead atoms. The summed E-state index contributed by atoms with van der Waals surface area (Å²) in [7, 11) is 1.82. The summed E-state index contributed by atoms with van der Waals surface area (Å²) in [4.78, 5) is 21.7. The zero-order valence-electron chi connectivity index (χ0n) is 11.0. The van der Waals surface area contributed by atoms with Crippen LogP contribution in [0.5, 0.6) is 0 Å². The molecule has 0 aliphatic carbocycles. The fraction of sp³-hybridized carbons (Fsp3) is 0.308. The molecule has 19 heavy (non-hydrogen) atoms. The van der Waals surface area contributed by atoms with Gasteiger partial charge in [-0.15, -0.1) is 11.3 Å². The predicted molar refractivity (Wildman–Crippen MR) is 74.9 cm³/mol. The van der Waals surface area contributed by atoms with Gasteiger partial charge in [0.15, 0.2) is 0 Å². The van der Waals surface area contributed by atoms with Crippen LogP contribution in [0.3, 0.4) is 0 Å². The molecule has 0 saturated carbocycles. The maximum absolute atomic E-state index is 11.3. The molecule has 1 N–H and O–H groups in total. The third kappa shape index (κ3) is 2.90. The van der Waals surface area contributed by atoms with Crippen LogP contribution in [-0.4, -0.2) is 28.1 Å². The summed E-state index contributed by atoms with van der Waals surface area (Å²) in [5.74, 6) is -0.486. The number of hydrogen-bond acceptors (Lipinski definition) is 5. The molecule has 100 valence electrons. The number of aromatic carboxylic acids is 1. The van der Waals surface area contributed by atoms with Crippen LogP contribution in [0.15, 0.2) is 17.6 Å². The van der Waals surface area contributed by atoms with Crippen molar-refractivity contribution in [3.8, 4) is 0 Å². The predicted octanol–water partition coefficient (Wildman–Crippen LogP) is 2.49. The molecule has 0 atom stereocenters. The van der Waals surface area contributed by atoms with E-state index in [2.05, 4.69) is 9.97 Å². The number of carboxylic acids is 1. The summed E-state index contributed by atoms with van der Waals surface area (Å²) < 4.78 is 0. The highest BCUT2D eigenvalue weighted by molar-refractivity contribution is 7.09. The maximum atomic E-state index is 11.3. The average molecular weight is 277 g/mol. The molecule has 0 saturated heterocycles. The molecule has 0 amide bonds. The molecular formula is C13H15N3O2S. The Morgan fingerprint density at radius 2 is 2.21 bits per heavy atom. The second-order valence-corrected chi connectivity index (χ2v) is 5.41. The zero-order valence-corrected chi connectivity index (χ0v) is 11.9. The lowest BCUT2D eigenvalue weighted by Crippen LogP contribution is -2.21. The van der Waals surface area contributed by atoms with E-state index in [0.29, 0.717) is 17.9 Å². The van der Waals surface area contributed by atoms with Crippen molar-refractivity contribution >= 4 is 23.1 Å². The number of aryl methyl sites for hydroxylation is 2. The molecule has 2 aromatic heterocycles. The average Bonchev–Trinajstić information content (AvgIpc) is 2.73. The van der Waals surface area contributed by atoms with E-state index in [0.717, 1.165) is 10.7 Å². The van der Waals surface area contributed by atoms with Crippen LogP contribution in [-0.2, 0) is 6.54 Å². The molecule has 0 aliphatic rings. The Bertz CT molecular complexity index is 610. The lowest BCUT2D eigenvalue weighted by atomic mass is 10.1. The van der Waals surface area contributed by atoms with Crippen molar-refractivity contribution in [2.24, 2.45) is 0 Å². The minimum absolute atomic E-state index is 0.247. The summed E-state index contributed by atoms with van der Waals surface area (Å²) in [5, 5.41) is 12.3. The van der Waals surface area contributed by atoms with Crippen molar-refractivity contribution in [1.82, 2.24) is 9.97 Å². The van der Waals surface area contributed by atoms with Crippen LogP contribution in [0.1, 0.15) is 26.6 Å². The zero-order chi connectivity index (χ0) is 14.0.